The lowest BCUT2D eigenvalue weighted by molar-refractivity contribution is 0.0696. The van der Waals surface area contributed by atoms with Crippen LogP contribution in [0.3, 0.4) is 0 Å². The van der Waals surface area contributed by atoms with E-state index in [9.17, 15) is 9.59 Å². The van der Waals surface area contributed by atoms with Gasteiger partial charge < -0.3 is 21.1 Å². The van der Waals surface area contributed by atoms with E-state index in [0.717, 1.165) is 4.47 Å². The summed E-state index contributed by atoms with van der Waals surface area (Å²) in [6.07, 6.45) is -1.14. The minimum atomic E-state index is -1.90. The number of rotatable bonds is 5. The molecule has 4 N–H and O–H groups in total. The molecular formula is C17H13BrCl3N3O3S. The number of hydrogen-bond acceptors (Lipinski definition) is 3. The van der Waals surface area contributed by atoms with Gasteiger partial charge in [0, 0.05) is 15.7 Å². The molecule has 0 saturated heterocycles. The number of carbonyl (C=O) groups excluding carboxylic acids is 1. The number of halogens is 4. The van der Waals surface area contributed by atoms with Crippen molar-refractivity contribution in [2.24, 2.45) is 0 Å². The average molecular weight is 526 g/mol. The van der Waals surface area contributed by atoms with Crippen LogP contribution in [0.1, 0.15) is 20.7 Å². The van der Waals surface area contributed by atoms with E-state index in [1.54, 1.807) is 24.3 Å². The lowest BCUT2D eigenvalue weighted by Crippen LogP contribution is -2.56. The molecule has 28 heavy (non-hydrogen) atoms. The van der Waals surface area contributed by atoms with Gasteiger partial charge in [0.15, 0.2) is 5.11 Å². The van der Waals surface area contributed by atoms with Crippen molar-refractivity contribution in [3.05, 3.63) is 64.1 Å². The van der Waals surface area contributed by atoms with E-state index in [0.29, 0.717) is 11.3 Å². The minimum Gasteiger partial charge on any atom is -0.478 e. The maximum atomic E-state index is 12.4. The maximum Gasteiger partial charge on any atom is 0.335 e. The summed E-state index contributed by atoms with van der Waals surface area (Å²) in [5, 5.41) is 17.1. The summed E-state index contributed by atoms with van der Waals surface area (Å²) in [7, 11) is 0. The van der Waals surface area contributed by atoms with E-state index in [2.05, 4.69) is 31.9 Å². The van der Waals surface area contributed by atoms with Crippen molar-refractivity contribution in [3.8, 4) is 0 Å². The molecule has 148 valence electrons. The zero-order chi connectivity index (χ0) is 20.9. The molecule has 0 aromatic heterocycles. The van der Waals surface area contributed by atoms with E-state index in [-0.39, 0.29) is 10.7 Å². The van der Waals surface area contributed by atoms with Gasteiger partial charge >= 0.3 is 5.97 Å². The fraction of sp³-hybridized carbons (Fsp3) is 0.118. The molecule has 2 aromatic rings. The van der Waals surface area contributed by atoms with Crippen LogP contribution in [0.4, 0.5) is 5.69 Å². The lowest BCUT2D eigenvalue weighted by atomic mass is 10.2. The van der Waals surface area contributed by atoms with Crippen LogP contribution in [-0.4, -0.2) is 32.1 Å². The third-order valence-electron chi connectivity index (χ3n) is 3.35. The monoisotopic (exact) mass is 523 g/mol. The Balaban J connectivity index is 2.06. The van der Waals surface area contributed by atoms with Crippen LogP contribution < -0.4 is 16.0 Å². The second-order valence-electron chi connectivity index (χ2n) is 5.44. The van der Waals surface area contributed by atoms with Gasteiger partial charge in [-0.1, -0.05) is 56.8 Å². The Kier molecular flexibility index (Phi) is 7.91. The number of aromatic carboxylic acids is 1. The summed E-state index contributed by atoms with van der Waals surface area (Å²) in [5.74, 6) is -1.52. The largest absolute Gasteiger partial charge is 0.478 e. The highest BCUT2D eigenvalue weighted by atomic mass is 79.9. The number of alkyl halides is 3. The number of carboxylic acid groups (broad SMARTS) is 1. The number of carboxylic acids is 1. The topological polar surface area (TPSA) is 90.5 Å². The van der Waals surface area contributed by atoms with Crippen LogP contribution in [0, 0.1) is 0 Å². The molecule has 6 nitrogen and oxygen atoms in total. The summed E-state index contributed by atoms with van der Waals surface area (Å²) in [5.41, 5.74) is 1.01. The molecule has 0 saturated carbocycles. The molecule has 0 unspecified atom stereocenters. The Hall–Kier alpha value is -1.58. The molecule has 0 aliphatic carbocycles. The number of carbonyl (C=O) groups is 2. The van der Waals surface area contributed by atoms with Crippen LogP contribution in [0.2, 0.25) is 0 Å². The second-order valence-corrected chi connectivity index (χ2v) is 9.13. The van der Waals surface area contributed by atoms with Crippen LogP contribution >= 0.6 is 63.0 Å². The zero-order valence-electron chi connectivity index (χ0n) is 13.9. The molecule has 0 aliphatic heterocycles. The third-order valence-corrected chi connectivity index (χ3v) is 4.72. The molecule has 11 heteroatoms. The van der Waals surface area contributed by atoms with E-state index < -0.39 is 21.8 Å². The molecule has 0 fully saturated rings. The van der Waals surface area contributed by atoms with Gasteiger partial charge in [0.1, 0.15) is 6.17 Å². The van der Waals surface area contributed by atoms with Gasteiger partial charge in [0.2, 0.25) is 3.79 Å². The smallest absolute Gasteiger partial charge is 0.335 e. The molecule has 1 atom stereocenters. The van der Waals surface area contributed by atoms with Crippen molar-refractivity contribution in [2.75, 3.05) is 5.32 Å². The maximum absolute atomic E-state index is 12.4. The van der Waals surface area contributed by atoms with Crippen LogP contribution in [-0.2, 0) is 0 Å². The lowest BCUT2D eigenvalue weighted by Gasteiger charge is -2.27. The minimum absolute atomic E-state index is 0.0638. The third kappa shape index (κ3) is 6.79. The normalized spacial score (nSPS) is 12.0. The molecule has 0 radical (unpaired) electrons. The predicted molar refractivity (Wildman–Crippen MR) is 118 cm³/mol. The summed E-state index contributed by atoms with van der Waals surface area (Å²) in [4.78, 5) is 23.3. The zero-order valence-corrected chi connectivity index (χ0v) is 18.6. The fourth-order valence-electron chi connectivity index (χ4n) is 2.04. The predicted octanol–water partition coefficient (Wildman–Crippen LogP) is 4.56. The van der Waals surface area contributed by atoms with Gasteiger partial charge in [-0.3, -0.25) is 4.79 Å². The number of thiocarbonyl (C=S) groups is 1. The van der Waals surface area contributed by atoms with Gasteiger partial charge in [0.25, 0.3) is 5.91 Å². The number of hydrogen-bond donors (Lipinski definition) is 4. The van der Waals surface area contributed by atoms with Crippen molar-refractivity contribution in [2.45, 2.75) is 9.96 Å². The Bertz CT molecular complexity index is 891. The first-order valence-corrected chi connectivity index (χ1v) is 9.94. The molecule has 0 aliphatic rings. The van der Waals surface area contributed by atoms with Crippen molar-refractivity contribution in [3.63, 3.8) is 0 Å². The van der Waals surface area contributed by atoms with Crippen LogP contribution in [0.25, 0.3) is 0 Å². The molecular weight excluding hydrogens is 513 g/mol. The van der Waals surface area contributed by atoms with Crippen LogP contribution in [0.15, 0.2) is 53.0 Å². The van der Waals surface area contributed by atoms with E-state index in [4.69, 9.17) is 52.1 Å². The molecule has 2 aromatic carbocycles. The highest BCUT2D eigenvalue weighted by Crippen LogP contribution is 2.29. The Morgan fingerprint density at radius 1 is 1.04 bits per heavy atom. The molecule has 2 rings (SSSR count). The molecule has 0 bridgehead atoms. The molecule has 0 heterocycles. The number of amides is 1. The Morgan fingerprint density at radius 3 is 2.21 bits per heavy atom. The fourth-order valence-corrected chi connectivity index (χ4v) is 3.00. The highest BCUT2D eigenvalue weighted by Gasteiger charge is 2.35. The number of benzene rings is 2. The summed E-state index contributed by atoms with van der Waals surface area (Å²) in [6.45, 7) is 0. The van der Waals surface area contributed by atoms with E-state index in [1.807, 2.05) is 0 Å². The van der Waals surface area contributed by atoms with Crippen molar-refractivity contribution in [1.29, 1.82) is 0 Å². The second kappa shape index (κ2) is 9.76. The summed E-state index contributed by atoms with van der Waals surface area (Å²) in [6, 6.07) is 12.6. The molecule has 1 amide bonds. The van der Waals surface area contributed by atoms with Crippen molar-refractivity contribution in [1.82, 2.24) is 10.6 Å². The van der Waals surface area contributed by atoms with Gasteiger partial charge in [-0.15, -0.1) is 0 Å². The Morgan fingerprint density at radius 2 is 1.68 bits per heavy atom. The summed E-state index contributed by atoms with van der Waals surface area (Å²) >= 11 is 26.3. The van der Waals surface area contributed by atoms with E-state index >= 15 is 0 Å². The summed E-state index contributed by atoms with van der Waals surface area (Å²) < 4.78 is -1.18. The first-order valence-electron chi connectivity index (χ1n) is 7.60. The van der Waals surface area contributed by atoms with Gasteiger partial charge in [-0.2, -0.15) is 0 Å². The van der Waals surface area contributed by atoms with Crippen molar-refractivity contribution < 1.29 is 14.7 Å². The average Bonchev–Trinajstić information content (AvgIpc) is 2.60. The first-order chi connectivity index (χ1) is 13.1. The molecule has 0 spiro atoms. The number of nitrogens with one attached hydrogen (secondary N) is 3. The highest BCUT2D eigenvalue weighted by molar-refractivity contribution is 9.10. The first kappa shape index (κ1) is 22.7. The van der Waals surface area contributed by atoms with Crippen molar-refractivity contribution >= 4 is 85.6 Å². The van der Waals surface area contributed by atoms with Gasteiger partial charge in [0.05, 0.1) is 5.56 Å². The quantitative estimate of drug-likeness (QED) is 0.260. The van der Waals surface area contributed by atoms with Gasteiger partial charge in [-0.25, -0.2) is 4.79 Å². The van der Waals surface area contributed by atoms with Gasteiger partial charge in [-0.05, 0) is 54.7 Å². The van der Waals surface area contributed by atoms with Crippen LogP contribution in [0.5, 0.6) is 0 Å². The standard InChI is InChI=1S/C17H13BrCl3N3O3S/c18-11-3-1-2-10(8-11)13(25)23-15(17(19,20)21)24-16(28)22-12-6-4-9(5-7-12)14(26)27/h1-8,15H,(H,23,25)(H,26,27)(H2,22,24,28)/t15-/m1/s1. The van der Waals surface area contributed by atoms with E-state index in [1.165, 1.54) is 24.3 Å². The number of anilines is 1. The SMILES string of the molecule is O=C(O)c1ccc(NC(=S)N[C@@H](NC(=O)c2cccc(Br)c2)C(Cl)(Cl)Cl)cc1. The Labute approximate surface area is 189 Å².